The highest BCUT2D eigenvalue weighted by atomic mass is 32.1. The van der Waals surface area contributed by atoms with E-state index in [9.17, 15) is 0 Å². The molecule has 0 unspecified atom stereocenters. The van der Waals surface area contributed by atoms with Gasteiger partial charge in [0.15, 0.2) is 0 Å². The summed E-state index contributed by atoms with van der Waals surface area (Å²) in [4.78, 5) is 10.6. The minimum Gasteiger partial charge on any atom is -0.369 e. The summed E-state index contributed by atoms with van der Waals surface area (Å²) < 4.78 is 0. The second-order valence-corrected chi connectivity index (χ2v) is 6.13. The fraction of sp³-hybridized carbons (Fsp3) is 0.294. The highest BCUT2D eigenvalue weighted by molar-refractivity contribution is 7.09. The van der Waals surface area contributed by atoms with Crippen molar-refractivity contribution in [2.45, 2.75) is 19.8 Å². The first kappa shape index (κ1) is 14.8. The van der Waals surface area contributed by atoms with Crippen molar-refractivity contribution in [1.29, 1.82) is 0 Å². The standard InChI is InChI=1S/C17H20N4S/c1-2-10-18-16-14-7-3-4-8-15(14)20-17(21-16)19-11-9-13-6-5-12-22-13/h3-8,12H,2,9-11H2,1H3,(H2,18,19,20,21). The molecule has 0 fully saturated rings. The summed E-state index contributed by atoms with van der Waals surface area (Å²) in [6, 6.07) is 12.4. The zero-order valence-electron chi connectivity index (χ0n) is 12.7. The third kappa shape index (κ3) is 3.54. The maximum atomic E-state index is 4.63. The molecule has 22 heavy (non-hydrogen) atoms. The molecule has 114 valence electrons. The fourth-order valence-electron chi connectivity index (χ4n) is 2.29. The molecule has 0 saturated carbocycles. The van der Waals surface area contributed by atoms with E-state index >= 15 is 0 Å². The van der Waals surface area contributed by atoms with Crippen LogP contribution in [0.5, 0.6) is 0 Å². The molecule has 0 atom stereocenters. The average molecular weight is 312 g/mol. The molecule has 1 aromatic carbocycles. The number of fused-ring (bicyclic) bond motifs is 1. The molecular weight excluding hydrogens is 292 g/mol. The van der Waals surface area contributed by atoms with Gasteiger partial charge in [-0.05, 0) is 36.4 Å². The van der Waals surface area contributed by atoms with E-state index in [1.54, 1.807) is 11.3 Å². The van der Waals surface area contributed by atoms with E-state index in [4.69, 9.17) is 0 Å². The van der Waals surface area contributed by atoms with Crippen molar-refractivity contribution in [1.82, 2.24) is 9.97 Å². The quantitative estimate of drug-likeness (QED) is 0.687. The summed E-state index contributed by atoms with van der Waals surface area (Å²) in [5.74, 6) is 1.60. The molecule has 0 spiro atoms. The van der Waals surface area contributed by atoms with Crippen molar-refractivity contribution in [3.8, 4) is 0 Å². The number of hydrogen-bond donors (Lipinski definition) is 2. The number of thiophene rings is 1. The van der Waals surface area contributed by atoms with Gasteiger partial charge in [0.05, 0.1) is 5.52 Å². The lowest BCUT2D eigenvalue weighted by Crippen LogP contribution is -2.10. The van der Waals surface area contributed by atoms with Crippen LogP contribution in [-0.4, -0.2) is 23.1 Å². The molecule has 4 nitrogen and oxygen atoms in total. The van der Waals surface area contributed by atoms with Gasteiger partial charge in [-0.2, -0.15) is 4.98 Å². The molecule has 3 rings (SSSR count). The Kier molecular flexibility index (Phi) is 4.85. The molecule has 2 heterocycles. The summed E-state index contributed by atoms with van der Waals surface area (Å²) >= 11 is 1.78. The van der Waals surface area contributed by atoms with Gasteiger partial charge < -0.3 is 10.6 Å². The Morgan fingerprint density at radius 1 is 1.00 bits per heavy atom. The highest BCUT2D eigenvalue weighted by Gasteiger charge is 2.06. The normalized spacial score (nSPS) is 10.8. The Labute approximate surface area is 134 Å². The molecule has 0 saturated heterocycles. The number of nitrogens with zero attached hydrogens (tertiary/aromatic N) is 2. The van der Waals surface area contributed by atoms with Crippen LogP contribution in [0.4, 0.5) is 11.8 Å². The van der Waals surface area contributed by atoms with E-state index in [2.05, 4.69) is 51.1 Å². The number of hydrogen-bond acceptors (Lipinski definition) is 5. The minimum absolute atomic E-state index is 0.689. The summed E-state index contributed by atoms with van der Waals surface area (Å²) in [6.45, 7) is 3.90. The molecular formula is C17H20N4S. The molecule has 2 aromatic heterocycles. The average Bonchev–Trinajstić information content (AvgIpc) is 3.06. The number of nitrogens with one attached hydrogen (secondary N) is 2. The van der Waals surface area contributed by atoms with Gasteiger partial charge in [-0.1, -0.05) is 25.1 Å². The van der Waals surface area contributed by atoms with Gasteiger partial charge >= 0.3 is 0 Å². The SMILES string of the molecule is CCCNc1nc(NCCc2cccs2)nc2ccccc12. The van der Waals surface area contributed by atoms with Gasteiger partial charge in [-0.15, -0.1) is 11.3 Å². The van der Waals surface area contributed by atoms with Crippen LogP contribution in [0, 0.1) is 0 Å². The molecule has 0 aliphatic carbocycles. The van der Waals surface area contributed by atoms with Gasteiger partial charge in [0.1, 0.15) is 5.82 Å². The number of benzene rings is 1. The second kappa shape index (κ2) is 7.22. The highest BCUT2D eigenvalue weighted by Crippen LogP contribution is 2.21. The molecule has 0 bridgehead atoms. The number of anilines is 2. The monoisotopic (exact) mass is 312 g/mol. The summed E-state index contributed by atoms with van der Waals surface area (Å²) in [7, 11) is 0. The fourth-order valence-corrected chi connectivity index (χ4v) is 3.00. The van der Waals surface area contributed by atoms with Gasteiger partial charge in [0, 0.05) is 23.4 Å². The zero-order valence-corrected chi connectivity index (χ0v) is 13.5. The van der Waals surface area contributed by atoms with Crippen LogP contribution >= 0.6 is 11.3 Å². The molecule has 3 aromatic rings. The molecule has 0 aliphatic heterocycles. The van der Waals surface area contributed by atoms with Crippen LogP contribution in [0.1, 0.15) is 18.2 Å². The Morgan fingerprint density at radius 2 is 1.91 bits per heavy atom. The Bertz CT molecular complexity index is 725. The van der Waals surface area contributed by atoms with Crippen molar-refractivity contribution < 1.29 is 0 Å². The summed E-state index contributed by atoms with van der Waals surface area (Å²) in [6.07, 6.45) is 2.06. The van der Waals surface area contributed by atoms with E-state index in [1.165, 1.54) is 4.88 Å². The number of rotatable bonds is 7. The van der Waals surface area contributed by atoms with E-state index in [1.807, 2.05) is 18.2 Å². The van der Waals surface area contributed by atoms with Crippen LogP contribution in [0.15, 0.2) is 41.8 Å². The summed E-state index contributed by atoms with van der Waals surface area (Å²) in [5, 5.41) is 9.90. The predicted molar refractivity (Wildman–Crippen MR) is 94.8 cm³/mol. The minimum atomic E-state index is 0.689. The Balaban J connectivity index is 1.76. The zero-order chi connectivity index (χ0) is 15.2. The Hall–Kier alpha value is -2.14. The number of para-hydroxylation sites is 1. The van der Waals surface area contributed by atoms with Crippen LogP contribution in [-0.2, 0) is 6.42 Å². The lowest BCUT2D eigenvalue weighted by Gasteiger charge is -2.11. The molecule has 0 radical (unpaired) electrons. The molecule has 0 amide bonds. The first-order valence-corrected chi connectivity index (χ1v) is 8.51. The van der Waals surface area contributed by atoms with Crippen LogP contribution in [0.2, 0.25) is 0 Å². The van der Waals surface area contributed by atoms with E-state index in [0.29, 0.717) is 5.95 Å². The predicted octanol–water partition coefficient (Wildman–Crippen LogP) is 4.17. The third-order valence-electron chi connectivity index (χ3n) is 3.38. The maximum Gasteiger partial charge on any atom is 0.225 e. The maximum absolute atomic E-state index is 4.63. The van der Waals surface area contributed by atoms with E-state index < -0.39 is 0 Å². The lowest BCUT2D eigenvalue weighted by atomic mass is 10.2. The summed E-state index contributed by atoms with van der Waals surface area (Å²) in [5.41, 5.74) is 0.967. The van der Waals surface area contributed by atoms with Gasteiger partial charge in [-0.25, -0.2) is 4.98 Å². The van der Waals surface area contributed by atoms with Gasteiger partial charge in [0.2, 0.25) is 5.95 Å². The van der Waals surface area contributed by atoms with Crippen molar-refractivity contribution in [2.24, 2.45) is 0 Å². The van der Waals surface area contributed by atoms with E-state index in [0.717, 1.165) is 42.7 Å². The molecule has 2 N–H and O–H groups in total. The Morgan fingerprint density at radius 3 is 2.73 bits per heavy atom. The smallest absolute Gasteiger partial charge is 0.225 e. The molecule has 5 heteroatoms. The first-order valence-electron chi connectivity index (χ1n) is 7.63. The topological polar surface area (TPSA) is 49.8 Å². The second-order valence-electron chi connectivity index (χ2n) is 5.10. The third-order valence-corrected chi connectivity index (χ3v) is 4.32. The van der Waals surface area contributed by atoms with Gasteiger partial charge in [0.25, 0.3) is 0 Å². The van der Waals surface area contributed by atoms with Crippen molar-refractivity contribution >= 4 is 34.0 Å². The molecule has 0 aliphatic rings. The number of aromatic nitrogens is 2. The lowest BCUT2D eigenvalue weighted by molar-refractivity contribution is 0.963. The van der Waals surface area contributed by atoms with Crippen LogP contribution < -0.4 is 10.6 Å². The van der Waals surface area contributed by atoms with Crippen molar-refractivity contribution in [3.05, 3.63) is 46.7 Å². The van der Waals surface area contributed by atoms with Crippen LogP contribution in [0.3, 0.4) is 0 Å². The van der Waals surface area contributed by atoms with Crippen molar-refractivity contribution in [3.63, 3.8) is 0 Å². The first-order chi connectivity index (χ1) is 10.9. The largest absolute Gasteiger partial charge is 0.369 e. The van der Waals surface area contributed by atoms with Crippen molar-refractivity contribution in [2.75, 3.05) is 23.7 Å². The van der Waals surface area contributed by atoms with Crippen LogP contribution in [0.25, 0.3) is 10.9 Å². The van der Waals surface area contributed by atoms with E-state index in [-0.39, 0.29) is 0 Å². The van der Waals surface area contributed by atoms with Gasteiger partial charge in [-0.3, -0.25) is 0 Å².